The first-order chi connectivity index (χ1) is 9.45. The molecule has 0 bridgehead atoms. The van der Waals surface area contributed by atoms with Gasteiger partial charge in [0.1, 0.15) is 17.9 Å². The van der Waals surface area contributed by atoms with Gasteiger partial charge in [0, 0.05) is 6.54 Å². The Labute approximate surface area is 116 Å². The summed E-state index contributed by atoms with van der Waals surface area (Å²) in [4.78, 5) is 24.3. The van der Waals surface area contributed by atoms with Gasteiger partial charge in [0.25, 0.3) is 0 Å². The van der Waals surface area contributed by atoms with Crippen LogP contribution in [0.1, 0.15) is 24.2 Å². The Bertz CT molecular complexity index is 540. The fourth-order valence-electron chi connectivity index (χ4n) is 2.68. The smallest absolute Gasteiger partial charge is 0.312 e. The second-order valence-electron chi connectivity index (χ2n) is 5.00. The average Bonchev–Trinajstić information content (AvgIpc) is 2.94. The van der Waals surface area contributed by atoms with Crippen LogP contribution < -0.4 is 0 Å². The predicted molar refractivity (Wildman–Crippen MR) is 70.2 cm³/mol. The van der Waals surface area contributed by atoms with E-state index in [4.69, 9.17) is 0 Å². The van der Waals surface area contributed by atoms with E-state index in [2.05, 4.69) is 5.10 Å². The summed E-state index contributed by atoms with van der Waals surface area (Å²) in [5.41, 5.74) is 0.638. The highest BCUT2D eigenvalue weighted by atomic mass is 16.6. The lowest BCUT2D eigenvalue weighted by Gasteiger charge is -2.23. The Balaban J connectivity index is 2.16. The third-order valence-electron chi connectivity index (χ3n) is 3.72. The van der Waals surface area contributed by atoms with E-state index >= 15 is 0 Å². The first kappa shape index (κ1) is 14.4. The molecule has 0 aliphatic carbocycles. The maximum Gasteiger partial charge on any atom is 0.312 e. The lowest BCUT2D eigenvalue weighted by atomic mass is 10.2. The van der Waals surface area contributed by atoms with Gasteiger partial charge in [-0.15, -0.1) is 0 Å². The molecule has 0 aromatic carbocycles. The van der Waals surface area contributed by atoms with Crippen molar-refractivity contribution in [2.45, 2.75) is 39.3 Å². The fourth-order valence-corrected chi connectivity index (χ4v) is 2.68. The number of aliphatic hydroxyl groups is 1. The Kier molecular flexibility index (Phi) is 4.03. The standard InChI is InChI=1S/C12H18N4O4/c1-8-12(16(19)20)9(2)15(13-8)6-11(18)14-5-3-4-10(14)7-17/h10,17H,3-7H2,1-2H3/t10-/m1/s1. The monoisotopic (exact) mass is 282 g/mol. The van der Waals surface area contributed by atoms with Crippen LogP contribution in [0.4, 0.5) is 5.69 Å². The van der Waals surface area contributed by atoms with Crippen molar-refractivity contribution in [3.63, 3.8) is 0 Å². The quantitative estimate of drug-likeness (QED) is 0.636. The highest BCUT2D eigenvalue weighted by molar-refractivity contribution is 5.76. The van der Waals surface area contributed by atoms with Crippen LogP contribution >= 0.6 is 0 Å². The van der Waals surface area contributed by atoms with Gasteiger partial charge in [-0.3, -0.25) is 19.6 Å². The summed E-state index contributed by atoms with van der Waals surface area (Å²) >= 11 is 0. The molecule has 8 heteroatoms. The van der Waals surface area contributed by atoms with Crippen LogP contribution in [0.15, 0.2) is 0 Å². The Hall–Kier alpha value is -1.96. The van der Waals surface area contributed by atoms with Crippen molar-refractivity contribution in [1.29, 1.82) is 0 Å². The lowest BCUT2D eigenvalue weighted by Crippen LogP contribution is -2.39. The number of likely N-dealkylation sites (tertiary alicyclic amines) is 1. The molecule has 1 aromatic rings. The molecule has 0 unspecified atom stereocenters. The second-order valence-corrected chi connectivity index (χ2v) is 5.00. The van der Waals surface area contributed by atoms with E-state index < -0.39 is 4.92 Å². The van der Waals surface area contributed by atoms with Crippen LogP contribution in [0.2, 0.25) is 0 Å². The van der Waals surface area contributed by atoms with Gasteiger partial charge in [-0.25, -0.2) is 0 Å². The number of carbonyl (C=O) groups is 1. The minimum Gasteiger partial charge on any atom is -0.394 e. The number of aromatic nitrogens is 2. The molecule has 1 atom stereocenters. The summed E-state index contributed by atoms with van der Waals surface area (Å²) in [5, 5.41) is 24.2. The summed E-state index contributed by atoms with van der Waals surface area (Å²) in [5.74, 6) is -0.165. The molecule has 1 aromatic heterocycles. The molecular formula is C12H18N4O4. The SMILES string of the molecule is Cc1nn(CC(=O)N2CCC[C@@H]2CO)c(C)c1[N+](=O)[O-]. The average molecular weight is 282 g/mol. The summed E-state index contributed by atoms with van der Waals surface area (Å²) < 4.78 is 1.36. The van der Waals surface area contributed by atoms with E-state index in [1.54, 1.807) is 18.7 Å². The number of aliphatic hydroxyl groups excluding tert-OH is 1. The normalized spacial score (nSPS) is 18.6. The van der Waals surface area contributed by atoms with Crippen LogP contribution in [0.25, 0.3) is 0 Å². The third kappa shape index (κ3) is 2.51. The summed E-state index contributed by atoms with van der Waals surface area (Å²) in [6, 6.07) is -0.144. The van der Waals surface area contributed by atoms with Gasteiger partial charge in [-0.05, 0) is 26.7 Å². The highest BCUT2D eigenvalue weighted by Gasteiger charge is 2.30. The van der Waals surface area contributed by atoms with E-state index in [-0.39, 0.29) is 30.8 Å². The van der Waals surface area contributed by atoms with Crippen LogP contribution in [-0.2, 0) is 11.3 Å². The van der Waals surface area contributed by atoms with Gasteiger partial charge in [0.05, 0.1) is 17.6 Å². The number of hydrogen-bond donors (Lipinski definition) is 1. The van der Waals surface area contributed by atoms with Crippen LogP contribution in [0, 0.1) is 24.0 Å². The Morgan fingerprint density at radius 3 is 2.80 bits per heavy atom. The van der Waals surface area contributed by atoms with E-state index in [1.807, 2.05) is 0 Å². The van der Waals surface area contributed by atoms with Crippen molar-refractivity contribution < 1.29 is 14.8 Å². The van der Waals surface area contributed by atoms with Crippen molar-refractivity contribution >= 4 is 11.6 Å². The number of nitro groups is 1. The molecule has 0 saturated carbocycles. The molecule has 8 nitrogen and oxygen atoms in total. The maximum absolute atomic E-state index is 12.2. The molecule has 1 amide bonds. The number of hydrogen-bond acceptors (Lipinski definition) is 5. The van der Waals surface area contributed by atoms with E-state index in [0.717, 1.165) is 12.8 Å². The van der Waals surface area contributed by atoms with Gasteiger partial charge in [0.2, 0.25) is 5.91 Å². The minimum atomic E-state index is -0.481. The van der Waals surface area contributed by atoms with Crippen molar-refractivity contribution in [3.8, 4) is 0 Å². The van der Waals surface area contributed by atoms with Crippen molar-refractivity contribution in [2.24, 2.45) is 0 Å². The van der Waals surface area contributed by atoms with Gasteiger partial charge in [-0.2, -0.15) is 5.10 Å². The highest BCUT2D eigenvalue weighted by Crippen LogP contribution is 2.23. The van der Waals surface area contributed by atoms with E-state index in [0.29, 0.717) is 17.9 Å². The summed E-state index contributed by atoms with van der Waals surface area (Å²) in [6.45, 7) is 3.67. The Morgan fingerprint density at radius 1 is 1.55 bits per heavy atom. The zero-order valence-electron chi connectivity index (χ0n) is 11.6. The molecule has 2 rings (SSSR count). The predicted octanol–water partition coefficient (Wildman–Crippen LogP) is 0.391. The fraction of sp³-hybridized carbons (Fsp3) is 0.667. The second kappa shape index (κ2) is 5.58. The number of carbonyl (C=O) groups excluding carboxylic acids is 1. The van der Waals surface area contributed by atoms with Gasteiger partial charge < -0.3 is 10.0 Å². The number of aryl methyl sites for hydroxylation is 1. The minimum absolute atomic E-state index is 0.0307. The van der Waals surface area contributed by atoms with Gasteiger partial charge >= 0.3 is 5.69 Å². The molecule has 110 valence electrons. The molecule has 2 heterocycles. The van der Waals surface area contributed by atoms with E-state index in [9.17, 15) is 20.0 Å². The zero-order valence-corrected chi connectivity index (χ0v) is 11.6. The summed E-state index contributed by atoms with van der Waals surface area (Å²) in [6.07, 6.45) is 1.66. The molecule has 1 saturated heterocycles. The van der Waals surface area contributed by atoms with Crippen molar-refractivity contribution in [3.05, 3.63) is 21.5 Å². The van der Waals surface area contributed by atoms with Crippen LogP contribution in [0.5, 0.6) is 0 Å². The summed E-state index contributed by atoms with van der Waals surface area (Å²) in [7, 11) is 0. The first-order valence-corrected chi connectivity index (χ1v) is 6.54. The van der Waals surface area contributed by atoms with Crippen LogP contribution in [-0.4, -0.2) is 49.8 Å². The molecule has 20 heavy (non-hydrogen) atoms. The Morgan fingerprint density at radius 2 is 2.25 bits per heavy atom. The van der Waals surface area contributed by atoms with E-state index in [1.165, 1.54) is 4.68 Å². The molecule has 1 aliphatic heterocycles. The van der Waals surface area contributed by atoms with Gasteiger partial charge in [0.15, 0.2) is 0 Å². The molecule has 1 N–H and O–H groups in total. The van der Waals surface area contributed by atoms with Gasteiger partial charge in [-0.1, -0.05) is 0 Å². The van der Waals surface area contributed by atoms with Crippen molar-refractivity contribution in [2.75, 3.05) is 13.2 Å². The van der Waals surface area contributed by atoms with Crippen molar-refractivity contribution in [1.82, 2.24) is 14.7 Å². The largest absolute Gasteiger partial charge is 0.394 e. The van der Waals surface area contributed by atoms with Crippen LogP contribution in [0.3, 0.4) is 0 Å². The molecule has 1 fully saturated rings. The molecular weight excluding hydrogens is 264 g/mol. The molecule has 0 radical (unpaired) electrons. The number of rotatable bonds is 4. The zero-order chi connectivity index (χ0) is 14.9. The molecule has 0 spiro atoms. The number of amides is 1. The third-order valence-corrected chi connectivity index (χ3v) is 3.72. The first-order valence-electron chi connectivity index (χ1n) is 6.54. The lowest BCUT2D eigenvalue weighted by molar-refractivity contribution is -0.386. The topological polar surface area (TPSA) is 102 Å². The molecule has 1 aliphatic rings. The number of nitrogens with zero attached hydrogens (tertiary/aromatic N) is 4. The maximum atomic E-state index is 12.2.